The first-order valence-corrected chi connectivity index (χ1v) is 9.01. The van der Waals surface area contributed by atoms with E-state index in [2.05, 4.69) is 5.10 Å². The third-order valence-corrected chi connectivity index (χ3v) is 4.70. The maximum atomic E-state index is 13.2. The number of carbonyl (C=O) groups is 1. The predicted octanol–water partition coefficient (Wildman–Crippen LogP) is 4.30. The third-order valence-electron chi connectivity index (χ3n) is 4.70. The molecular weight excluding hydrogens is 387 g/mol. The zero-order chi connectivity index (χ0) is 20.6. The fraction of sp³-hybridized carbons (Fsp3) is 0.300. The molecule has 3 aromatic rings. The lowest BCUT2D eigenvalue weighted by Gasteiger charge is -2.20. The van der Waals surface area contributed by atoms with Crippen molar-refractivity contribution in [3.8, 4) is 11.4 Å². The topological polar surface area (TPSA) is 60.5 Å². The molecule has 4 rings (SSSR count). The van der Waals surface area contributed by atoms with E-state index in [0.29, 0.717) is 5.76 Å². The van der Waals surface area contributed by atoms with Crippen LogP contribution in [0, 0.1) is 0 Å². The highest BCUT2D eigenvalue weighted by Gasteiger charge is 2.36. The third kappa shape index (κ3) is 3.98. The number of aromatic nitrogens is 2. The Morgan fingerprint density at radius 2 is 2.10 bits per heavy atom. The number of halogens is 3. The molecule has 0 N–H and O–H groups in total. The second-order valence-corrected chi connectivity index (χ2v) is 6.78. The van der Waals surface area contributed by atoms with E-state index in [0.717, 1.165) is 25.0 Å². The van der Waals surface area contributed by atoms with Crippen LogP contribution in [0.15, 0.2) is 53.3 Å². The van der Waals surface area contributed by atoms with Gasteiger partial charge >= 0.3 is 6.18 Å². The number of carbonyl (C=O) groups excluding carboxylic acids is 1. The van der Waals surface area contributed by atoms with Crippen molar-refractivity contribution in [1.29, 1.82) is 0 Å². The van der Waals surface area contributed by atoms with Gasteiger partial charge in [-0.1, -0.05) is 6.07 Å². The van der Waals surface area contributed by atoms with Crippen LogP contribution in [0.25, 0.3) is 5.69 Å². The molecule has 1 amide bonds. The van der Waals surface area contributed by atoms with Crippen LogP contribution in [0.1, 0.15) is 34.7 Å². The van der Waals surface area contributed by atoms with E-state index in [1.54, 1.807) is 17.0 Å². The Morgan fingerprint density at radius 1 is 1.31 bits per heavy atom. The number of amides is 1. The smallest absolute Gasteiger partial charge is 0.416 e. The molecule has 9 heteroatoms. The van der Waals surface area contributed by atoms with Crippen molar-refractivity contribution in [2.45, 2.75) is 31.6 Å². The summed E-state index contributed by atoms with van der Waals surface area (Å²) in [5.74, 6) is 0.477. The van der Waals surface area contributed by atoms with Gasteiger partial charge in [0.15, 0.2) is 11.4 Å². The second kappa shape index (κ2) is 7.31. The summed E-state index contributed by atoms with van der Waals surface area (Å²) in [6.07, 6.45) is 0.221. The van der Waals surface area contributed by atoms with Gasteiger partial charge in [0.25, 0.3) is 5.91 Å². The van der Waals surface area contributed by atoms with E-state index in [9.17, 15) is 18.0 Å². The molecule has 2 aromatic heterocycles. The largest absolute Gasteiger partial charge is 0.493 e. The lowest BCUT2D eigenvalue weighted by molar-refractivity contribution is -0.137. The minimum atomic E-state index is -4.47. The molecule has 6 nitrogen and oxygen atoms in total. The van der Waals surface area contributed by atoms with Gasteiger partial charge in [-0.2, -0.15) is 18.3 Å². The summed E-state index contributed by atoms with van der Waals surface area (Å²) in [5, 5.41) is 4.24. The van der Waals surface area contributed by atoms with Gasteiger partial charge in [-0.25, -0.2) is 4.68 Å². The average molecular weight is 405 g/mol. The van der Waals surface area contributed by atoms with Gasteiger partial charge in [-0.3, -0.25) is 4.79 Å². The lowest BCUT2D eigenvalue weighted by Crippen LogP contribution is -2.33. The molecule has 0 spiro atoms. The number of furan rings is 1. The molecular formula is C20H18F3N3O3. The standard InChI is InChI=1S/C20H18F3N3O3/c1-28-17-12-26(15-5-2-4-13(10-15)20(21,22)23)24-18(17)19(27)25(14-7-8-14)11-16-6-3-9-29-16/h2-6,9-10,12,14H,7-8,11H2,1H3. The summed E-state index contributed by atoms with van der Waals surface area (Å²) in [5.41, 5.74) is -0.570. The first kappa shape index (κ1) is 19.1. The highest BCUT2D eigenvalue weighted by Crippen LogP contribution is 2.33. The van der Waals surface area contributed by atoms with E-state index in [-0.39, 0.29) is 35.6 Å². The molecule has 0 atom stereocenters. The molecule has 0 saturated heterocycles. The molecule has 1 aliphatic carbocycles. The molecule has 1 aromatic carbocycles. The van der Waals surface area contributed by atoms with Crippen molar-refractivity contribution in [2.75, 3.05) is 7.11 Å². The highest BCUT2D eigenvalue weighted by atomic mass is 19.4. The monoisotopic (exact) mass is 405 g/mol. The number of nitrogens with zero attached hydrogens (tertiary/aromatic N) is 3. The van der Waals surface area contributed by atoms with Gasteiger partial charge in [0.2, 0.25) is 0 Å². The van der Waals surface area contributed by atoms with Crippen molar-refractivity contribution in [3.63, 3.8) is 0 Å². The summed E-state index contributed by atoms with van der Waals surface area (Å²) >= 11 is 0. The van der Waals surface area contributed by atoms with Crippen molar-refractivity contribution in [1.82, 2.24) is 14.7 Å². The van der Waals surface area contributed by atoms with Crippen LogP contribution in [0.5, 0.6) is 5.75 Å². The van der Waals surface area contributed by atoms with Crippen LogP contribution >= 0.6 is 0 Å². The highest BCUT2D eigenvalue weighted by molar-refractivity contribution is 5.95. The van der Waals surface area contributed by atoms with Crippen molar-refractivity contribution in [2.24, 2.45) is 0 Å². The molecule has 1 fully saturated rings. The summed E-state index contributed by atoms with van der Waals surface area (Å²) < 4.78 is 50.9. The Hall–Kier alpha value is -3.23. The Kier molecular flexibility index (Phi) is 4.81. The zero-order valence-electron chi connectivity index (χ0n) is 15.5. The van der Waals surface area contributed by atoms with Crippen LogP contribution in [0.2, 0.25) is 0 Å². The average Bonchev–Trinajstić information content (AvgIpc) is 3.24. The van der Waals surface area contributed by atoms with Gasteiger partial charge in [-0.05, 0) is 43.2 Å². The molecule has 0 radical (unpaired) electrons. The first-order valence-electron chi connectivity index (χ1n) is 9.01. The molecule has 152 valence electrons. The number of ether oxygens (including phenoxy) is 1. The molecule has 0 bridgehead atoms. The summed E-state index contributed by atoms with van der Waals surface area (Å²) in [6, 6.07) is 8.33. The van der Waals surface area contributed by atoms with E-state index >= 15 is 0 Å². The normalized spacial score (nSPS) is 14.1. The van der Waals surface area contributed by atoms with Crippen LogP contribution < -0.4 is 4.74 Å². The summed E-state index contributed by atoms with van der Waals surface area (Å²) in [7, 11) is 1.39. The fourth-order valence-electron chi connectivity index (χ4n) is 3.07. The number of alkyl halides is 3. The second-order valence-electron chi connectivity index (χ2n) is 6.78. The number of hydrogen-bond donors (Lipinski definition) is 0. The van der Waals surface area contributed by atoms with Crippen molar-refractivity contribution < 1.29 is 27.1 Å². The van der Waals surface area contributed by atoms with E-state index < -0.39 is 11.7 Å². The molecule has 1 aliphatic rings. The quantitative estimate of drug-likeness (QED) is 0.614. The molecule has 1 saturated carbocycles. The minimum absolute atomic E-state index is 0.0448. The number of rotatable bonds is 6. The summed E-state index contributed by atoms with van der Waals surface area (Å²) in [6.45, 7) is 0.288. The maximum Gasteiger partial charge on any atom is 0.416 e. The minimum Gasteiger partial charge on any atom is -0.493 e. The number of benzene rings is 1. The molecule has 2 heterocycles. The first-order chi connectivity index (χ1) is 13.9. The van der Waals surface area contributed by atoms with E-state index in [1.165, 1.54) is 36.4 Å². The van der Waals surface area contributed by atoms with Gasteiger partial charge < -0.3 is 14.1 Å². The van der Waals surface area contributed by atoms with Crippen molar-refractivity contribution in [3.05, 3.63) is 65.9 Å². The van der Waals surface area contributed by atoms with Gasteiger partial charge in [0.05, 0.1) is 37.4 Å². The van der Waals surface area contributed by atoms with Crippen LogP contribution in [0.4, 0.5) is 13.2 Å². The number of hydrogen-bond acceptors (Lipinski definition) is 4. The summed E-state index contributed by atoms with van der Waals surface area (Å²) in [4.78, 5) is 14.8. The lowest BCUT2D eigenvalue weighted by atomic mass is 10.2. The van der Waals surface area contributed by atoms with Crippen LogP contribution in [0.3, 0.4) is 0 Å². The Bertz CT molecular complexity index is 1010. The Morgan fingerprint density at radius 3 is 2.72 bits per heavy atom. The molecule has 0 unspecified atom stereocenters. The fourth-order valence-corrected chi connectivity index (χ4v) is 3.07. The molecule has 0 aliphatic heterocycles. The number of methoxy groups -OCH3 is 1. The van der Waals surface area contributed by atoms with Gasteiger partial charge in [0.1, 0.15) is 5.76 Å². The van der Waals surface area contributed by atoms with Crippen LogP contribution in [-0.4, -0.2) is 33.7 Å². The van der Waals surface area contributed by atoms with Crippen LogP contribution in [-0.2, 0) is 12.7 Å². The predicted molar refractivity (Wildman–Crippen MR) is 96.7 cm³/mol. The van der Waals surface area contributed by atoms with E-state index in [4.69, 9.17) is 9.15 Å². The Labute approximate surface area is 164 Å². The van der Waals surface area contributed by atoms with Crippen molar-refractivity contribution >= 4 is 5.91 Å². The maximum absolute atomic E-state index is 13.2. The van der Waals surface area contributed by atoms with Gasteiger partial charge in [-0.15, -0.1) is 0 Å². The van der Waals surface area contributed by atoms with Gasteiger partial charge in [0, 0.05) is 6.04 Å². The zero-order valence-corrected chi connectivity index (χ0v) is 15.5. The SMILES string of the molecule is COc1cn(-c2cccc(C(F)(F)F)c2)nc1C(=O)N(Cc1ccco1)C1CC1. The van der Waals surface area contributed by atoms with E-state index in [1.807, 2.05) is 0 Å². The Balaban J connectivity index is 1.66. The molecule has 29 heavy (non-hydrogen) atoms.